The van der Waals surface area contributed by atoms with Crippen molar-refractivity contribution in [1.29, 1.82) is 0 Å². The molecule has 15 heavy (non-hydrogen) atoms. The Balaban J connectivity index is 2.04. The molecule has 0 aliphatic carbocycles. The fourth-order valence-electron chi connectivity index (χ4n) is 2.52. The largest absolute Gasteiger partial charge is 0.379 e. The van der Waals surface area contributed by atoms with Gasteiger partial charge < -0.3 is 15.0 Å². The monoisotopic (exact) mass is 212 g/mol. The first-order valence-electron chi connectivity index (χ1n) is 5.88. The summed E-state index contributed by atoms with van der Waals surface area (Å²) in [7, 11) is 0. The van der Waals surface area contributed by atoms with E-state index in [0.717, 1.165) is 25.9 Å². The lowest BCUT2D eigenvalue weighted by atomic mass is 10.0. The predicted molar refractivity (Wildman–Crippen MR) is 57.6 cm³/mol. The highest BCUT2D eigenvalue weighted by Gasteiger charge is 2.30. The van der Waals surface area contributed by atoms with Crippen LogP contribution in [0.3, 0.4) is 0 Å². The van der Waals surface area contributed by atoms with Gasteiger partial charge in [-0.15, -0.1) is 0 Å². The van der Waals surface area contributed by atoms with E-state index in [1.807, 2.05) is 0 Å². The van der Waals surface area contributed by atoms with Crippen molar-refractivity contribution in [3.8, 4) is 0 Å². The Morgan fingerprint density at radius 2 is 2.13 bits per heavy atom. The molecule has 4 nitrogen and oxygen atoms in total. The van der Waals surface area contributed by atoms with E-state index in [1.54, 1.807) is 0 Å². The number of nitrogens with zero attached hydrogens (tertiary/aromatic N) is 1. The van der Waals surface area contributed by atoms with E-state index in [2.05, 4.69) is 17.1 Å². The highest BCUT2D eigenvalue weighted by molar-refractivity contribution is 5.77. The molecular formula is C11H20N2O2. The van der Waals surface area contributed by atoms with Crippen LogP contribution in [0.5, 0.6) is 0 Å². The topological polar surface area (TPSA) is 41.6 Å². The normalized spacial score (nSPS) is 30.3. The lowest BCUT2D eigenvalue weighted by Crippen LogP contribution is -2.50. The molecule has 0 bridgehead atoms. The van der Waals surface area contributed by atoms with Crippen molar-refractivity contribution in [3.63, 3.8) is 0 Å². The van der Waals surface area contributed by atoms with Crippen molar-refractivity contribution in [2.45, 2.75) is 38.3 Å². The van der Waals surface area contributed by atoms with Crippen LogP contribution in [0.2, 0.25) is 0 Å². The number of carbonyl (C=O) groups excluding carboxylic acids is 1. The molecule has 86 valence electrons. The number of nitrogens with one attached hydrogen (secondary N) is 1. The fourth-order valence-corrected chi connectivity index (χ4v) is 2.52. The van der Waals surface area contributed by atoms with Crippen molar-refractivity contribution >= 4 is 5.91 Å². The molecule has 1 atom stereocenters. The van der Waals surface area contributed by atoms with Gasteiger partial charge >= 0.3 is 0 Å². The summed E-state index contributed by atoms with van der Waals surface area (Å²) in [6.45, 7) is 5.43. The number of rotatable bonds is 1. The van der Waals surface area contributed by atoms with E-state index in [9.17, 15) is 4.79 Å². The van der Waals surface area contributed by atoms with Gasteiger partial charge in [0.1, 0.15) is 0 Å². The number of hydrogen-bond donors (Lipinski definition) is 1. The first-order chi connectivity index (χ1) is 7.29. The second-order valence-electron chi connectivity index (χ2n) is 4.46. The number of hydrogen-bond acceptors (Lipinski definition) is 3. The minimum Gasteiger partial charge on any atom is -0.379 e. The van der Waals surface area contributed by atoms with Gasteiger partial charge in [-0.3, -0.25) is 4.79 Å². The molecule has 1 unspecified atom stereocenters. The molecule has 4 heteroatoms. The Labute approximate surface area is 91.0 Å². The highest BCUT2D eigenvalue weighted by atomic mass is 16.5. The molecule has 2 aliphatic rings. The van der Waals surface area contributed by atoms with Gasteiger partial charge in [0.15, 0.2) is 0 Å². The van der Waals surface area contributed by atoms with Crippen LogP contribution in [0.25, 0.3) is 0 Å². The number of ether oxygens (including phenoxy) is 1. The molecule has 0 radical (unpaired) electrons. The van der Waals surface area contributed by atoms with Crippen molar-refractivity contribution in [2.75, 3.05) is 26.3 Å². The lowest BCUT2D eigenvalue weighted by Gasteiger charge is -2.37. The molecule has 1 amide bonds. The zero-order chi connectivity index (χ0) is 10.7. The Morgan fingerprint density at radius 1 is 1.40 bits per heavy atom. The average molecular weight is 212 g/mol. The van der Waals surface area contributed by atoms with Crippen LogP contribution < -0.4 is 5.32 Å². The third-order valence-corrected chi connectivity index (χ3v) is 3.28. The summed E-state index contributed by atoms with van der Waals surface area (Å²) >= 11 is 0. The number of piperidine rings is 1. The maximum atomic E-state index is 11.9. The highest BCUT2D eigenvalue weighted by Crippen LogP contribution is 2.18. The van der Waals surface area contributed by atoms with Crippen LogP contribution in [0, 0.1) is 0 Å². The zero-order valence-electron chi connectivity index (χ0n) is 9.37. The maximum Gasteiger partial charge on any atom is 0.225 e. The zero-order valence-corrected chi connectivity index (χ0v) is 9.37. The summed E-state index contributed by atoms with van der Waals surface area (Å²) in [5.74, 6) is 0.270. The second kappa shape index (κ2) is 4.94. The summed E-state index contributed by atoms with van der Waals surface area (Å²) in [6.07, 6.45) is 2.71. The summed E-state index contributed by atoms with van der Waals surface area (Å²) in [4.78, 5) is 14.0. The maximum absolute atomic E-state index is 11.9. The van der Waals surface area contributed by atoms with Crippen LogP contribution in [0.1, 0.15) is 26.2 Å². The van der Waals surface area contributed by atoms with Crippen LogP contribution in [0.4, 0.5) is 0 Å². The molecule has 2 aliphatic heterocycles. The summed E-state index contributed by atoms with van der Waals surface area (Å²) in [5.41, 5.74) is 0. The van der Waals surface area contributed by atoms with E-state index < -0.39 is 0 Å². The average Bonchev–Trinajstić information content (AvgIpc) is 2.41. The summed E-state index contributed by atoms with van der Waals surface area (Å²) in [5, 5.41) is 3.33. The molecule has 2 saturated heterocycles. The third kappa shape index (κ3) is 2.49. The van der Waals surface area contributed by atoms with Gasteiger partial charge in [0.2, 0.25) is 5.91 Å². The molecule has 0 spiro atoms. The molecule has 0 aromatic rings. The molecule has 0 aromatic carbocycles. The van der Waals surface area contributed by atoms with E-state index >= 15 is 0 Å². The van der Waals surface area contributed by atoms with Gasteiger partial charge in [-0.2, -0.15) is 0 Å². The van der Waals surface area contributed by atoms with Gasteiger partial charge in [-0.25, -0.2) is 0 Å². The third-order valence-electron chi connectivity index (χ3n) is 3.28. The van der Waals surface area contributed by atoms with Gasteiger partial charge in [-0.05, 0) is 32.9 Å². The van der Waals surface area contributed by atoms with Crippen molar-refractivity contribution < 1.29 is 9.53 Å². The van der Waals surface area contributed by atoms with E-state index in [4.69, 9.17) is 4.74 Å². The van der Waals surface area contributed by atoms with Gasteiger partial charge in [0.25, 0.3) is 0 Å². The molecular weight excluding hydrogens is 192 g/mol. The fraction of sp³-hybridized carbons (Fsp3) is 0.909. The van der Waals surface area contributed by atoms with E-state index in [1.165, 1.54) is 0 Å². The molecule has 2 rings (SSSR count). The van der Waals surface area contributed by atoms with Crippen LogP contribution in [-0.2, 0) is 9.53 Å². The smallest absolute Gasteiger partial charge is 0.225 e. The minimum absolute atomic E-state index is 0.239. The van der Waals surface area contributed by atoms with Gasteiger partial charge in [0.05, 0.1) is 25.7 Å². The first kappa shape index (κ1) is 10.9. The summed E-state index contributed by atoms with van der Waals surface area (Å²) in [6, 6.07) is 0.665. The quantitative estimate of drug-likeness (QED) is 0.683. The number of amides is 1. The van der Waals surface area contributed by atoms with Crippen molar-refractivity contribution in [3.05, 3.63) is 0 Å². The second-order valence-corrected chi connectivity index (χ2v) is 4.46. The first-order valence-corrected chi connectivity index (χ1v) is 5.88. The van der Waals surface area contributed by atoms with Crippen molar-refractivity contribution in [2.24, 2.45) is 0 Å². The van der Waals surface area contributed by atoms with E-state index in [0.29, 0.717) is 25.7 Å². The Kier molecular flexibility index (Phi) is 3.59. The van der Waals surface area contributed by atoms with Gasteiger partial charge in [-0.1, -0.05) is 0 Å². The Bertz CT molecular complexity index is 227. The molecule has 0 aromatic heterocycles. The lowest BCUT2D eigenvalue weighted by molar-refractivity contribution is -0.135. The van der Waals surface area contributed by atoms with Crippen LogP contribution in [-0.4, -0.2) is 49.2 Å². The summed E-state index contributed by atoms with van der Waals surface area (Å²) < 4.78 is 5.42. The molecule has 2 fully saturated rings. The predicted octanol–water partition coefficient (Wildman–Crippen LogP) is 0.376. The molecule has 1 N–H and O–H groups in total. The van der Waals surface area contributed by atoms with E-state index in [-0.39, 0.29) is 11.9 Å². The standard InChI is InChI=1S/C11H20N2O2/c1-9-8-15-7-4-11(14)13(9)10-2-5-12-6-3-10/h9-10,12H,2-8H2,1H3. The van der Waals surface area contributed by atoms with Crippen LogP contribution >= 0.6 is 0 Å². The van der Waals surface area contributed by atoms with Crippen molar-refractivity contribution in [1.82, 2.24) is 10.2 Å². The van der Waals surface area contributed by atoms with Gasteiger partial charge in [0, 0.05) is 6.04 Å². The number of carbonyl (C=O) groups is 1. The molecule has 2 heterocycles. The molecule has 0 saturated carbocycles. The Hall–Kier alpha value is -0.610. The SMILES string of the molecule is CC1COCCC(=O)N1C1CCNCC1. The minimum atomic E-state index is 0.239. The van der Waals surface area contributed by atoms with Crippen LogP contribution in [0.15, 0.2) is 0 Å². The Morgan fingerprint density at radius 3 is 2.87 bits per heavy atom.